The Hall–Kier alpha value is -1.56. The van der Waals surface area contributed by atoms with Crippen molar-refractivity contribution in [3.05, 3.63) is 30.1 Å². The molecular weight excluding hydrogens is 215 g/mol. The SMILES string of the molecule is N#CC1(Nc2cccc(F)c2)CCCCCC1. The molecule has 2 rings (SSSR count). The molecule has 0 radical (unpaired) electrons. The van der Waals surface area contributed by atoms with Crippen LogP contribution in [0, 0.1) is 17.1 Å². The summed E-state index contributed by atoms with van der Waals surface area (Å²) in [6.45, 7) is 0. The summed E-state index contributed by atoms with van der Waals surface area (Å²) >= 11 is 0. The minimum Gasteiger partial charge on any atom is -0.367 e. The Kier molecular flexibility index (Phi) is 3.63. The first-order chi connectivity index (χ1) is 8.24. The fourth-order valence-electron chi connectivity index (χ4n) is 2.44. The van der Waals surface area contributed by atoms with Gasteiger partial charge in [0.25, 0.3) is 0 Å². The molecule has 1 saturated carbocycles. The maximum Gasteiger partial charge on any atom is 0.125 e. The zero-order valence-corrected chi connectivity index (χ0v) is 9.88. The van der Waals surface area contributed by atoms with Crippen molar-refractivity contribution in [1.29, 1.82) is 5.26 Å². The summed E-state index contributed by atoms with van der Waals surface area (Å²) in [4.78, 5) is 0. The molecule has 17 heavy (non-hydrogen) atoms. The zero-order valence-electron chi connectivity index (χ0n) is 9.88. The average Bonchev–Trinajstić information content (AvgIpc) is 2.55. The van der Waals surface area contributed by atoms with E-state index >= 15 is 0 Å². The number of halogens is 1. The molecule has 1 aromatic carbocycles. The first-order valence-corrected chi connectivity index (χ1v) is 6.19. The van der Waals surface area contributed by atoms with E-state index in [0.717, 1.165) is 25.7 Å². The largest absolute Gasteiger partial charge is 0.367 e. The maximum absolute atomic E-state index is 13.1. The second-order valence-electron chi connectivity index (χ2n) is 4.74. The molecule has 90 valence electrons. The van der Waals surface area contributed by atoms with Gasteiger partial charge in [-0.05, 0) is 31.0 Å². The second kappa shape index (κ2) is 5.18. The predicted molar refractivity (Wildman–Crippen MR) is 66.1 cm³/mol. The Morgan fingerprint density at radius 3 is 2.47 bits per heavy atom. The van der Waals surface area contributed by atoms with Crippen molar-refractivity contribution >= 4 is 5.69 Å². The highest BCUT2D eigenvalue weighted by molar-refractivity contribution is 5.47. The fourth-order valence-corrected chi connectivity index (χ4v) is 2.44. The van der Waals surface area contributed by atoms with Crippen LogP contribution in [0.4, 0.5) is 10.1 Å². The number of hydrogen-bond acceptors (Lipinski definition) is 2. The summed E-state index contributed by atoms with van der Waals surface area (Å²) in [5, 5.41) is 12.6. The third-order valence-electron chi connectivity index (χ3n) is 3.38. The highest BCUT2D eigenvalue weighted by atomic mass is 19.1. The van der Waals surface area contributed by atoms with E-state index in [1.54, 1.807) is 6.07 Å². The number of nitrogens with one attached hydrogen (secondary N) is 1. The molecule has 2 nitrogen and oxygen atoms in total. The van der Waals surface area contributed by atoms with E-state index in [0.29, 0.717) is 5.69 Å². The van der Waals surface area contributed by atoms with Gasteiger partial charge in [-0.2, -0.15) is 5.26 Å². The van der Waals surface area contributed by atoms with Gasteiger partial charge < -0.3 is 5.32 Å². The molecule has 0 saturated heterocycles. The molecule has 0 heterocycles. The van der Waals surface area contributed by atoms with Crippen molar-refractivity contribution in [1.82, 2.24) is 0 Å². The summed E-state index contributed by atoms with van der Waals surface area (Å²) in [6.07, 6.45) is 6.20. The van der Waals surface area contributed by atoms with Gasteiger partial charge in [-0.3, -0.25) is 0 Å². The minimum absolute atomic E-state index is 0.267. The molecule has 3 heteroatoms. The summed E-state index contributed by atoms with van der Waals surface area (Å²) in [7, 11) is 0. The number of nitriles is 1. The normalized spacial score (nSPS) is 19.1. The summed E-state index contributed by atoms with van der Waals surface area (Å²) in [6, 6.07) is 8.73. The molecule has 1 aliphatic rings. The van der Waals surface area contributed by atoms with Crippen LogP contribution in [0.2, 0.25) is 0 Å². The minimum atomic E-state index is -0.510. The van der Waals surface area contributed by atoms with Crippen molar-refractivity contribution in [2.45, 2.75) is 44.1 Å². The lowest BCUT2D eigenvalue weighted by atomic mass is 9.91. The van der Waals surface area contributed by atoms with Crippen LogP contribution in [0.25, 0.3) is 0 Å². The Bertz CT molecular complexity index is 414. The van der Waals surface area contributed by atoms with Crippen LogP contribution in [0.15, 0.2) is 24.3 Å². The lowest BCUT2D eigenvalue weighted by Crippen LogP contribution is -2.35. The fraction of sp³-hybridized carbons (Fsp3) is 0.500. The standard InChI is InChI=1S/C14H17FN2/c15-12-6-5-7-13(10-12)17-14(11-16)8-3-1-2-4-9-14/h5-7,10,17H,1-4,8-9H2. The first kappa shape index (κ1) is 11.9. The van der Waals surface area contributed by atoms with Gasteiger partial charge in [0.2, 0.25) is 0 Å². The van der Waals surface area contributed by atoms with E-state index in [1.165, 1.54) is 25.0 Å². The van der Waals surface area contributed by atoms with Gasteiger partial charge in [-0.15, -0.1) is 0 Å². The van der Waals surface area contributed by atoms with Crippen LogP contribution < -0.4 is 5.32 Å². The van der Waals surface area contributed by atoms with Gasteiger partial charge in [0.05, 0.1) is 6.07 Å². The Morgan fingerprint density at radius 1 is 1.18 bits per heavy atom. The third-order valence-corrected chi connectivity index (χ3v) is 3.38. The van der Waals surface area contributed by atoms with Crippen LogP contribution in [-0.2, 0) is 0 Å². The molecule has 0 atom stereocenters. The predicted octanol–water partition coefficient (Wildman–Crippen LogP) is 3.85. The highest BCUT2D eigenvalue weighted by Gasteiger charge is 2.30. The smallest absolute Gasteiger partial charge is 0.125 e. The van der Waals surface area contributed by atoms with Crippen LogP contribution in [0.1, 0.15) is 38.5 Å². The lowest BCUT2D eigenvalue weighted by molar-refractivity contribution is 0.510. The molecule has 0 unspecified atom stereocenters. The van der Waals surface area contributed by atoms with Gasteiger partial charge in [0.1, 0.15) is 11.4 Å². The number of benzene rings is 1. The van der Waals surface area contributed by atoms with E-state index in [2.05, 4.69) is 11.4 Å². The van der Waals surface area contributed by atoms with Crippen molar-refractivity contribution in [3.63, 3.8) is 0 Å². The van der Waals surface area contributed by atoms with E-state index < -0.39 is 5.54 Å². The quantitative estimate of drug-likeness (QED) is 0.786. The first-order valence-electron chi connectivity index (χ1n) is 6.19. The van der Waals surface area contributed by atoms with Gasteiger partial charge in [0.15, 0.2) is 0 Å². The third kappa shape index (κ3) is 2.97. The maximum atomic E-state index is 13.1. The zero-order chi connectivity index (χ0) is 12.1. The highest BCUT2D eigenvalue weighted by Crippen LogP contribution is 2.30. The Morgan fingerprint density at radius 2 is 1.88 bits per heavy atom. The van der Waals surface area contributed by atoms with Crippen molar-refractivity contribution < 1.29 is 4.39 Å². The molecule has 0 aromatic heterocycles. The number of nitrogens with zero attached hydrogens (tertiary/aromatic N) is 1. The summed E-state index contributed by atoms with van der Waals surface area (Å²) < 4.78 is 13.1. The summed E-state index contributed by atoms with van der Waals surface area (Å²) in [5.74, 6) is -0.267. The molecule has 0 amide bonds. The van der Waals surface area contributed by atoms with Crippen LogP contribution in [-0.4, -0.2) is 5.54 Å². The topological polar surface area (TPSA) is 35.8 Å². The van der Waals surface area contributed by atoms with Crippen molar-refractivity contribution in [3.8, 4) is 6.07 Å². The number of anilines is 1. The van der Waals surface area contributed by atoms with Crippen molar-refractivity contribution in [2.75, 3.05) is 5.32 Å². The van der Waals surface area contributed by atoms with Crippen LogP contribution in [0.3, 0.4) is 0 Å². The molecular formula is C14H17FN2. The number of hydrogen-bond donors (Lipinski definition) is 1. The molecule has 1 aliphatic carbocycles. The van der Waals surface area contributed by atoms with Gasteiger partial charge in [0, 0.05) is 5.69 Å². The summed E-state index contributed by atoms with van der Waals surface area (Å²) in [5.41, 5.74) is 0.193. The van der Waals surface area contributed by atoms with Gasteiger partial charge in [-0.1, -0.05) is 31.7 Å². The van der Waals surface area contributed by atoms with E-state index in [4.69, 9.17) is 0 Å². The average molecular weight is 232 g/mol. The van der Waals surface area contributed by atoms with E-state index in [-0.39, 0.29) is 5.82 Å². The lowest BCUT2D eigenvalue weighted by Gasteiger charge is -2.27. The molecule has 0 aliphatic heterocycles. The van der Waals surface area contributed by atoms with Gasteiger partial charge in [-0.25, -0.2) is 4.39 Å². The van der Waals surface area contributed by atoms with Gasteiger partial charge >= 0.3 is 0 Å². The molecule has 0 bridgehead atoms. The monoisotopic (exact) mass is 232 g/mol. The van der Waals surface area contributed by atoms with E-state index in [9.17, 15) is 9.65 Å². The molecule has 1 fully saturated rings. The van der Waals surface area contributed by atoms with Crippen LogP contribution >= 0.6 is 0 Å². The Balaban J connectivity index is 2.16. The van der Waals surface area contributed by atoms with E-state index in [1.807, 2.05) is 6.07 Å². The second-order valence-corrected chi connectivity index (χ2v) is 4.74. The number of rotatable bonds is 2. The molecule has 1 N–H and O–H groups in total. The Labute approximate surface area is 101 Å². The van der Waals surface area contributed by atoms with Crippen molar-refractivity contribution in [2.24, 2.45) is 0 Å². The molecule has 0 spiro atoms. The molecule has 1 aromatic rings. The van der Waals surface area contributed by atoms with Crippen LogP contribution in [0.5, 0.6) is 0 Å².